The Labute approximate surface area is 101 Å². The summed E-state index contributed by atoms with van der Waals surface area (Å²) in [6.07, 6.45) is 5.31. The number of halogens is 1. The second-order valence-corrected chi connectivity index (χ2v) is 5.25. The molecule has 0 aromatic heterocycles. The number of hydrogen-bond donors (Lipinski definition) is 1. The summed E-state index contributed by atoms with van der Waals surface area (Å²) >= 11 is 0. The van der Waals surface area contributed by atoms with Gasteiger partial charge in [-0.1, -0.05) is 6.07 Å². The lowest BCUT2D eigenvalue weighted by Crippen LogP contribution is -2.24. The van der Waals surface area contributed by atoms with Gasteiger partial charge in [0, 0.05) is 12.1 Å². The van der Waals surface area contributed by atoms with E-state index < -0.39 is 0 Å². The van der Waals surface area contributed by atoms with E-state index in [1.54, 1.807) is 6.07 Å². The predicted molar refractivity (Wildman–Crippen MR) is 64.2 cm³/mol. The maximum atomic E-state index is 13.6. The molecule has 0 heterocycles. The SMILES string of the molecule is NCc1c(F)cccc1OC1CC2CCC1C2. The highest BCUT2D eigenvalue weighted by Crippen LogP contribution is 2.46. The summed E-state index contributed by atoms with van der Waals surface area (Å²) in [5, 5.41) is 0. The molecule has 0 aliphatic heterocycles. The van der Waals surface area contributed by atoms with Crippen LogP contribution in [0.25, 0.3) is 0 Å². The zero-order chi connectivity index (χ0) is 11.8. The van der Waals surface area contributed by atoms with Crippen molar-refractivity contribution in [1.29, 1.82) is 0 Å². The summed E-state index contributed by atoms with van der Waals surface area (Å²) in [4.78, 5) is 0. The second-order valence-electron chi connectivity index (χ2n) is 5.25. The molecule has 0 spiro atoms. The Morgan fingerprint density at radius 1 is 1.29 bits per heavy atom. The van der Waals surface area contributed by atoms with Gasteiger partial charge in [-0.15, -0.1) is 0 Å². The Morgan fingerprint density at radius 2 is 2.18 bits per heavy atom. The van der Waals surface area contributed by atoms with Gasteiger partial charge in [0.05, 0.1) is 0 Å². The van der Waals surface area contributed by atoms with Crippen molar-refractivity contribution in [2.24, 2.45) is 17.6 Å². The van der Waals surface area contributed by atoms with Gasteiger partial charge in [0.25, 0.3) is 0 Å². The van der Waals surface area contributed by atoms with Gasteiger partial charge in [-0.2, -0.15) is 0 Å². The molecule has 1 aromatic carbocycles. The van der Waals surface area contributed by atoms with Crippen LogP contribution in [-0.2, 0) is 6.54 Å². The van der Waals surface area contributed by atoms with Crippen molar-refractivity contribution < 1.29 is 9.13 Å². The molecule has 3 rings (SSSR count). The number of benzene rings is 1. The van der Waals surface area contributed by atoms with E-state index in [9.17, 15) is 4.39 Å². The average molecular weight is 235 g/mol. The first-order valence-corrected chi connectivity index (χ1v) is 6.42. The normalized spacial score (nSPS) is 30.8. The molecule has 1 aromatic rings. The molecule has 2 aliphatic rings. The molecule has 0 amide bonds. The van der Waals surface area contributed by atoms with E-state index >= 15 is 0 Å². The average Bonchev–Trinajstić information content (AvgIpc) is 2.91. The van der Waals surface area contributed by atoms with Gasteiger partial charge in [-0.25, -0.2) is 4.39 Å². The van der Waals surface area contributed by atoms with Crippen molar-refractivity contribution in [3.8, 4) is 5.75 Å². The Hall–Kier alpha value is -1.09. The Balaban J connectivity index is 1.79. The molecule has 2 aliphatic carbocycles. The third kappa shape index (κ3) is 1.93. The van der Waals surface area contributed by atoms with Crippen LogP contribution in [-0.4, -0.2) is 6.10 Å². The summed E-state index contributed by atoms with van der Waals surface area (Å²) in [6, 6.07) is 4.96. The predicted octanol–water partition coefficient (Wildman–Crippen LogP) is 2.85. The van der Waals surface area contributed by atoms with Crippen molar-refractivity contribution in [2.75, 3.05) is 0 Å². The van der Waals surface area contributed by atoms with E-state index in [-0.39, 0.29) is 18.5 Å². The topological polar surface area (TPSA) is 35.2 Å². The van der Waals surface area contributed by atoms with Crippen LogP contribution in [0.15, 0.2) is 18.2 Å². The van der Waals surface area contributed by atoms with Gasteiger partial charge in [0.15, 0.2) is 0 Å². The molecule has 0 radical (unpaired) electrons. The fraction of sp³-hybridized carbons (Fsp3) is 0.571. The maximum Gasteiger partial charge on any atom is 0.131 e. The first-order chi connectivity index (χ1) is 8.28. The van der Waals surface area contributed by atoms with Crippen LogP contribution in [0.5, 0.6) is 5.75 Å². The number of nitrogens with two attached hydrogens (primary N) is 1. The van der Waals surface area contributed by atoms with E-state index in [1.165, 1.54) is 25.3 Å². The van der Waals surface area contributed by atoms with E-state index in [0.717, 1.165) is 12.3 Å². The lowest BCUT2D eigenvalue weighted by Gasteiger charge is -2.24. The van der Waals surface area contributed by atoms with Crippen molar-refractivity contribution in [2.45, 2.75) is 38.3 Å². The fourth-order valence-corrected chi connectivity index (χ4v) is 3.34. The highest BCUT2D eigenvalue weighted by Gasteiger charge is 2.41. The van der Waals surface area contributed by atoms with Crippen LogP contribution in [0.2, 0.25) is 0 Å². The highest BCUT2D eigenvalue weighted by molar-refractivity contribution is 5.34. The van der Waals surface area contributed by atoms with Crippen LogP contribution in [0.1, 0.15) is 31.2 Å². The second kappa shape index (κ2) is 4.30. The molecular formula is C14H18FNO. The minimum Gasteiger partial charge on any atom is -0.490 e. The monoisotopic (exact) mass is 235 g/mol. The van der Waals surface area contributed by atoms with Crippen molar-refractivity contribution >= 4 is 0 Å². The third-order valence-corrected chi connectivity index (χ3v) is 4.23. The lowest BCUT2D eigenvalue weighted by molar-refractivity contribution is 0.136. The summed E-state index contributed by atoms with van der Waals surface area (Å²) in [5.41, 5.74) is 6.09. The van der Waals surface area contributed by atoms with Crippen molar-refractivity contribution in [1.82, 2.24) is 0 Å². The molecule has 17 heavy (non-hydrogen) atoms. The molecule has 2 saturated carbocycles. The van der Waals surface area contributed by atoms with Crippen LogP contribution < -0.4 is 10.5 Å². The first-order valence-electron chi connectivity index (χ1n) is 6.42. The lowest BCUT2D eigenvalue weighted by atomic mass is 9.97. The zero-order valence-corrected chi connectivity index (χ0v) is 9.86. The van der Waals surface area contributed by atoms with Crippen LogP contribution in [0, 0.1) is 17.7 Å². The number of hydrogen-bond acceptors (Lipinski definition) is 2. The summed E-state index contributed by atoms with van der Waals surface area (Å²) in [5.74, 6) is 1.90. The molecule has 2 fully saturated rings. The Kier molecular flexibility index (Phi) is 2.79. The summed E-state index contributed by atoms with van der Waals surface area (Å²) in [7, 11) is 0. The highest BCUT2D eigenvalue weighted by atomic mass is 19.1. The van der Waals surface area contributed by atoms with E-state index in [2.05, 4.69) is 0 Å². The standard InChI is InChI=1S/C14H18FNO/c15-12-2-1-3-13(11(12)8-16)17-14-7-9-4-5-10(14)6-9/h1-3,9-10,14H,4-8,16H2. The largest absolute Gasteiger partial charge is 0.490 e. The van der Waals surface area contributed by atoms with Gasteiger partial charge in [0.1, 0.15) is 17.7 Å². The third-order valence-electron chi connectivity index (χ3n) is 4.23. The summed E-state index contributed by atoms with van der Waals surface area (Å²) in [6.45, 7) is 0.197. The van der Waals surface area contributed by atoms with Crippen molar-refractivity contribution in [3.63, 3.8) is 0 Å². The van der Waals surface area contributed by atoms with Crippen LogP contribution in [0.4, 0.5) is 4.39 Å². The smallest absolute Gasteiger partial charge is 0.131 e. The molecule has 2 N–H and O–H groups in total. The van der Waals surface area contributed by atoms with Crippen molar-refractivity contribution in [3.05, 3.63) is 29.6 Å². The first kappa shape index (κ1) is 11.0. The van der Waals surface area contributed by atoms with Crippen LogP contribution in [0.3, 0.4) is 0 Å². The van der Waals surface area contributed by atoms with Gasteiger partial charge in [-0.3, -0.25) is 0 Å². The quantitative estimate of drug-likeness (QED) is 0.874. The fourth-order valence-electron chi connectivity index (χ4n) is 3.34. The molecule has 2 bridgehead atoms. The molecule has 3 heteroatoms. The zero-order valence-electron chi connectivity index (χ0n) is 9.86. The van der Waals surface area contributed by atoms with E-state index in [4.69, 9.17) is 10.5 Å². The minimum atomic E-state index is -0.256. The molecule has 2 nitrogen and oxygen atoms in total. The van der Waals surface area contributed by atoms with Gasteiger partial charge >= 0.3 is 0 Å². The molecule has 3 unspecified atom stereocenters. The van der Waals surface area contributed by atoms with Gasteiger partial charge in [-0.05, 0) is 49.7 Å². The van der Waals surface area contributed by atoms with Gasteiger partial charge < -0.3 is 10.5 Å². The van der Waals surface area contributed by atoms with Gasteiger partial charge in [0.2, 0.25) is 0 Å². The Bertz CT molecular complexity index is 421. The Morgan fingerprint density at radius 3 is 2.82 bits per heavy atom. The molecule has 3 atom stereocenters. The number of ether oxygens (including phenoxy) is 1. The summed E-state index contributed by atoms with van der Waals surface area (Å²) < 4.78 is 19.5. The minimum absolute atomic E-state index is 0.197. The van der Waals surface area contributed by atoms with E-state index in [1.807, 2.05) is 6.07 Å². The molecule has 92 valence electrons. The van der Waals surface area contributed by atoms with Crippen LogP contribution >= 0.6 is 0 Å². The number of fused-ring (bicyclic) bond motifs is 2. The van der Waals surface area contributed by atoms with E-state index in [0.29, 0.717) is 17.2 Å². The molecule has 0 saturated heterocycles. The molecular weight excluding hydrogens is 217 g/mol. The maximum absolute atomic E-state index is 13.6. The number of rotatable bonds is 3.